The van der Waals surface area contributed by atoms with Crippen molar-refractivity contribution in [2.24, 2.45) is 0 Å². The van der Waals surface area contributed by atoms with E-state index in [4.69, 9.17) is 14.9 Å². The highest BCUT2D eigenvalue weighted by Crippen LogP contribution is 1.91. The Morgan fingerprint density at radius 1 is 1.40 bits per heavy atom. The van der Waals surface area contributed by atoms with Crippen molar-refractivity contribution in [2.75, 3.05) is 19.8 Å². The van der Waals surface area contributed by atoms with Crippen molar-refractivity contribution < 1.29 is 29.3 Å². The number of carbonyl (C=O) groups is 2. The Kier molecular flexibility index (Phi) is 7.21. The summed E-state index contributed by atoms with van der Waals surface area (Å²) < 4.78 is 9.12. The SMILES string of the molecule is C=CC(=O)C(O)COCCCOC(=O)O. The summed E-state index contributed by atoms with van der Waals surface area (Å²) in [6, 6.07) is 0. The van der Waals surface area contributed by atoms with Crippen molar-refractivity contribution in [1.29, 1.82) is 0 Å². The summed E-state index contributed by atoms with van der Waals surface area (Å²) in [5, 5.41) is 17.2. The minimum Gasteiger partial charge on any atom is -0.450 e. The van der Waals surface area contributed by atoms with Crippen molar-refractivity contribution in [2.45, 2.75) is 12.5 Å². The topological polar surface area (TPSA) is 93.1 Å². The van der Waals surface area contributed by atoms with E-state index in [9.17, 15) is 9.59 Å². The Bertz CT molecular complexity index is 225. The lowest BCUT2D eigenvalue weighted by atomic mass is 10.2. The molecule has 6 nitrogen and oxygen atoms in total. The molecule has 1 atom stereocenters. The molecule has 0 amide bonds. The van der Waals surface area contributed by atoms with E-state index in [1.54, 1.807) is 0 Å². The normalized spacial score (nSPS) is 11.8. The van der Waals surface area contributed by atoms with Gasteiger partial charge in [0.2, 0.25) is 0 Å². The predicted molar refractivity (Wildman–Crippen MR) is 50.6 cm³/mol. The molecule has 0 aliphatic carbocycles. The van der Waals surface area contributed by atoms with Crippen LogP contribution in [0.2, 0.25) is 0 Å². The van der Waals surface area contributed by atoms with Gasteiger partial charge in [-0.05, 0) is 6.08 Å². The monoisotopic (exact) mass is 218 g/mol. The summed E-state index contributed by atoms with van der Waals surface area (Å²) in [5.74, 6) is -0.503. The summed E-state index contributed by atoms with van der Waals surface area (Å²) in [4.78, 5) is 20.7. The van der Waals surface area contributed by atoms with Gasteiger partial charge in [0, 0.05) is 13.0 Å². The van der Waals surface area contributed by atoms with Gasteiger partial charge in [0.1, 0.15) is 6.10 Å². The minimum atomic E-state index is -1.34. The molecule has 0 saturated carbocycles. The van der Waals surface area contributed by atoms with E-state index in [2.05, 4.69) is 11.3 Å². The standard InChI is InChI=1S/C9H14O6/c1-2-7(10)8(11)6-14-4-3-5-15-9(12)13/h2,8,11H,1,3-6H2,(H,12,13). The van der Waals surface area contributed by atoms with Gasteiger partial charge in [-0.3, -0.25) is 4.79 Å². The molecule has 1 unspecified atom stereocenters. The van der Waals surface area contributed by atoms with Crippen LogP contribution in [0.5, 0.6) is 0 Å². The Hall–Kier alpha value is -1.40. The van der Waals surface area contributed by atoms with Gasteiger partial charge in [0.15, 0.2) is 5.78 Å². The van der Waals surface area contributed by atoms with Crippen molar-refractivity contribution >= 4 is 11.9 Å². The smallest absolute Gasteiger partial charge is 0.450 e. The van der Waals surface area contributed by atoms with E-state index in [1.807, 2.05) is 0 Å². The zero-order chi connectivity index (χ0) is 11.7. The molecular weight excluding hydrogens is 204 g/mol. The molecule has 0 spiro atoms. The number of carboxylic acid groups (broad SMARTS) is 1. The summed E-state index contributed by atoms with van der Waals surface area (Å²) in [5.41, 5.74) is 0. The lowest BCUT2D eigenvalue weighted by Crippen LogP contribution is -2.24. The van der Waals surface area contributed by atoms with Crippen molar-refractivity contribution in [3.63, 3.8) is 0 Å². The fourth-order valence-corrected chi connectivity index (χ4v) is 0.734. The van der Waals surface area contributed by atoms with E-state index in [0.717, 1.165) is 6.08 Å². The van der Waals surface area contributed by atoms with Gasteiger partial charge in [0.25, 0.3) is 0 Å². The average Bonchev–Trinajstić information content (AvgIpc) is 2.21. The Morgan fingerprint density at radius 3 is 2.60 bits per heavy atom. The van der Waals surface area contributed by atoms with Crippen LogP contribution >= 0.6 is 0 Å². The number of rotatable bonds is 8. The first-order chi connectivity index (χ1) is 7.07. The molecule has 0 aliphatic heterocycles. The molecule has 2 N–H and O–H groups in total. The number of hydrogen-bond acceptors (Lipinski definition) is 5. The third kappa shape index (κ3) is 7.65. The number of carbonyl (C=O) groups excluding carboxylic acids is 1. The molecule has 0 heterocycles. The first-order valence-electron chi connectivity index (χ1n) is 4.35. The highest BCUT2D eigenvalue weighted by molar-refractivity contribution is 5.92. The Morgan fingerprint density at radius 2 is 2.07 bits per heavy atom. The maximum absolute atomic E-state index is 10.8. The van der Waals surface area contributed by atoms with Crippen molar-refractivity contribution in [3.8, 4) is 0 Å². The van der Waals surface area contributed by atoms with Crippen LogP contribution in [-0.4, -0.2) is 48.1 Å². The van der Waals surface area contributed by atoms with Crippen LogP contribution in [0.15, 0.2) is 12.7 Å². The second-order valence-electron chi connectivity index (χ2n) is 2.67. The summed E-state index contributed by atoms with van der Waals surface area (Å²) in [7, 11) is 0. The first kappa shape index (κ1) is 13.6. The zero-order valence-electron chi connectivity index (χ0n) is 8.22. The van der Waals surface area contributed by atoms with E-state index in [-0.39, 0.29) is 19.8 Å². The quantitative estimate of drug-likeness (QED) is 0.343. The van der Waals surface area contributed by atoms with Crippen LogP contribution in [0.1, 0.15) is 6.42 Å². The maximum Gasteiger partial charge on any atom is 0.505 e. The Labute approximate surface area is 87.1 Å². The predicted octanol–water partition coefficient (Wildman–Crippen LogP) is 0.204. The van der Waals surface area contributed by atoms with Gasteiger partial charge >= 0.3 is 6.16 Å². The van der Waals surface area contributed by atoms with Crippen LogP contribution in [0.25, 0.3) is 0 Å². The van der Waals surface area contributed by atoms with Crippen molar-refractivity contribution in [3.05, 3.63) is 12.7 Å². The molecule has 0 aromatic carbocycles. The third-order valence-electron chi connectivity index (χ3n) is 1.46. The zero-order valence-corrected chi connectivity index (χ0v) is 8.22. The van der Waals surface area contributed by atoms with Crippen molar-refractivity contribution in [1.82, 2.24) is 0 Å². The molecule has 0 aliphatic rings. The van der Waals surface area contributed by atoms with Crippen LogP contribution < -0.4 is 0 Å². The van der Waals surface area contributed by atoms with Gasteiger partial charge in [-0.2, -0.15) is 0 Å². The summed E-state index contributed by atoms with van der Waals surface area (Å²) in [6.45, 7) is 3.33. The minimum absolute atomic E-state index is 0.0286. The van der Waals surface area contributed by atoms with Crippen LogP contribution in [0.4, 0.5) is 4.79 Å². The number of hydrogen-bond donors (Lipinski definition) is 2. The van der Waals surface area contributed by atoms with E-state index in [1.165, 1.54) is 0 Å². The molecule has 0 saturated heterocycles. The highest BCUT2D eigenvalue weighted by Gasteiger charge is 2.10. The number of aliphatic hydroxyl groups is 1. The van der Waals surface area contributed by atoms with Gasteiger partial charge in [0.05, 0.1) is 13.2 Å². The molecule has 86 valence electrons. The first-order valence-corrected chi connectivity index (χ1v) is 4.35. The van der Waals surface area contributed by atoms with Crippen LogP contribution in [0, 0.1) is 0 Å². The molecule has 0 rings (SSSR count). The lowest BCUT2D eigenvalue weighted by molar-refractivity contribution is -0.125. The molecule has 6 heteroatoms. The molecule has 0 radical (unpaired) electrons. The van der Waals surface area contributed by atoms with E-state index in [0.29, 0.717) is 6.42 Å². The van der Waals surface area contributed by atoms with Gasteiger partial charge in [-0.15, -0.1) is 0 Å². The molecule has 0 bridgehead atoms. The Balaban J connectivity index is 3.34. The number of aliphatic hydroxyl groups excluding tert-OH is 1. The summed E-state index contributed by atoms with van der Waals surface area (Å²) >= 11 is 0. The number of ketones is 1. The van der Waals surface area contributed by atoms with Crippen LogP contribution in [0.3, 0.4) is 0 Å². The lowest BCUT2D eigenvalue weighted by Gasteiger charge is -2.07. The van der Waals surface area contributed by atoms with E-state index < -0.39 is 18.0 Å². The second-order valence-corrected chi connectivity index (χ2v) is 2.67. The molecule has 0 aromatic heterocycles. The molecule has 15 heavy (non-hydrogen) atoms. The molecule has 0 fully saturated rings. The average molecular weight is 218 g/mol. The van der Waals surface area contributed by atoms with Gasteiger partial charge < -0.3 is 19.7 Å². The maximum atomic E-state index is 10.8. The highest BCUT2D eigenvalue weighted by atomic mass is 16.7. The van der Waals surface area contributed by atoms with Gasteiger partial charge in [-0.1, -0.05) is 6.58 Å². The summed E-state index contributed by atoms with van der Waals surface area (Å²) in [6.07, 6.45) is -1.15. The molecular formula is C9H14O6. The largest absolute Gasteiger partial charge is 0.505 e. The van der Waals surface area contributed by atoms with Crippen LogP contribution in [-0.2, 0) is 14.3 Å². The third-order valence-corrected chi connectivity index (χ3v) is 1.46. The van der Waals surface area contributed by atoms with Gasteiger partial charge in [-0.25, -0.2) is 4.79 Å². The molecule has 0 aromatic rings. The fraction of sp³-hybridized carbons (Fsp3) is 0.556. The second kappa shape index (κ2) is 7.95. The number of ether oxygens (including phenoxy) is 2. The van der Waals surface area contributed by atoms with E-state index >= 15 is 0 Å². The fourth-order valence-electron chi connectivity index (χ4n) is 0.734.